The van der Waals surface area contributed by atoms with Crippen molar-refractivity contribution in [2.45, 2.75) is 94.0 Å². The van der Waals surface area contributed by atoms with Crippen molar-refractivity contribution in [1.29, 1.82) is 0 Å². The third-order valence-electron chi connectivity index (χ3n) is 4.33. The fraction of sp³-hybridized carbons (Fsp3) is 0.577. The lowest BCUT2D eigenvalue weighted by Crippen LogP contribution is -2.10. The minimum atomic E-state index is -2.74. The fourth-order valence-electron chi connectivity index (χ4n) is 1.31. The van der Waals surface area contributed by atoms with Crippen LogP contribution in [0.25, 0.3) is 0 Å². The average Bonchev–Trinajstić information content (AvgIpc) is 2.67. The summed E-state index contributed by atoms with van der Waals surface area (Å²) in [7, 11) is -5.48. The molecule has 0 aliphatic heterocycles. The summed E-state index contributed by atoms with van der Waals surface area (Å²) in [5.41, 5.74) is 1.41. The second-order valence-corrected chi connectivity index (χ2v) is 13.9. The molecule has 1 aromatic rings. The molecule has 0 saturated heterocycles. The van der Waals surface area contributed by atoms with Crippen LogP contribution in [0.1, 0.15) is 109 Å². The fourth-order valence-corrected chi connectivity index (χ4v) is 1.31. The van der Waals surface area contributed by atoms with E-state index in [0.717, 1.165) is 5.56 Å². The van der Waals surface area contributed by atoms with Gasteiger partial charge in [0, 0.05) is 16.5 Å². The van der Waals surface area contributed by atoms with Gasteiger partial charge in [-0.1, -0.05) is 62.7 Å². The second kappa shape index (κ2) is 20.1. The monoisotopic (exact) mass is 570 g/mol. The Morgan fingerprint density at radius 2 is 1.16 bits per heavy atom. The number of aliphatic carboxylic acids is 1. The first-order chi connectivity index (χ1) is 15.4. The Kier molecular flexibility index (Phi) is 24.4. The first-order valence-corrected chi connectivity index (χ1v) is 14.5. The number of rotatable bonds is 6. The Morgan fingerprint density at radius 1 is 0.865 bits per heavy atom. The van der Waals surface area contributed by atoms with Crippen molar-refractivity contribution >= 4 is 47.0 Å². The highest BCUT2D eigenvalue weighted by atomic mass is 32.2. The third-order valence-corrected chi connectivity index (χ3v) is 7.46. The molecule has 0 aliphatic rings. The predicted octanol–water partition coefficient (Wildman–Crippen LogP) is 5.95. The Hall–Kier alpha value is -1.97. The first-order valence-electron chi connectivity index (χ1n) is 10.8. The van der Waals surface area contributed by atoms with Crippen LogP contribution in [0.4, 0.5) is 0 Å². The van der Waals surface area contributed by atoms with Gasteiger partial charge in [0.15, 0.2) is 5.78 Å². The average molecular weight is 571 g/mol. The molecule has 0 heterocycles. The maximum atomic E-state index is 11.2. The second-order valence-electron chi connectivity index (χ2n) is 8.97. The molecule has 220 valence electrons. The zero-order valence-corrected chi connectivity index (χ0v) is 23.9. The van der Waals surface area contributed by atoms with E-state index in [-0.39, 0.29) is 48.9 Å². The zero-order valence-electron chi connectivity index (χ0n) is 22.2. The maximum absolute atomic E-state index is 11.2. The van der Waals surface area contributed by atoms with Gasteiger partial charge in [-0.2, -0.15) is 0 Å². The Bertz CT molecular complexity index is 942. The Balaban J connectivity index is -0.000000133. The van der Waals surface area contributed by atoms with Crippen LogP contribution in [0.15, 0.2) is 18.2 Å². The van der Waals surface area contributed by atoms with Crippen molar-refractivity contribution in [3.05, 3.63) is 34.9 Å². The zero-order chi connectivity index (χ0) is 28.9. The van der Waals surface area contributed by atoms with E-state index in [9.17, 15) is 18.6 Å². The molecule has 0 aromatic heterocycles. The number of carbonyl (C=O) groups excluding carboxylic acids is 1. The summed E-state index contributed by atoms with van der Waals surface area (Å²) in [5, 5.41) is 16.6. The number of benzene rings is 1. The molecule has 0 fully saturated rings. The lowest BCUT2D eigenvalue weighted by molar-refractivity contribution is -0.140. The van der Waals surface area contributed by atoms with Crippen molar-refractivity contribution < 1.29 is 43.1 Å². The summed E-state index contributed by atoms with van der Waals surface area (Å²) in [6, 6.07) is 4.77. The van der Waals surface area contributed by atoms with Crippen molar-refractivity contribution in [3.63, 3.8) is 0 Å². The van der Waals surface area contributed by atoms with Crippen LogP contribution in [0.5, 0.6) is 0 Å². The number of hydrogen-bond donors (Lipinski definition) is 5. The van der Waals surface area contributed by atoms with Crippen molar-refractivity contribution in [3.8, 4) is 0 Å². The van der Waals surface area contributed by atoms with Gasteiger partial charge in [0.1, 0.15) is 7.34 Å². The number of ketones is 1. The summed E-state index contributed by atoms with van der Waals surface area (Å²) in [6.07, 6.45) is 3.19. The molecule has 0 spiro atoms. The normalized spacial score (nSPS) is 11.8. The molecule has 0 radical (unpaired) electrons. The van der Waals surface area contributed by atoms with Crippen molar-refractivity contribution in [2.75, 3.05) is 0 Å². The van der Waals surface area contributed by atoms with Crippen LogP contribution in [0.3, 0.4) is 0 Å². The van der Waals surface area contributed by atoms with Gasteiger partial charge in [-0.3, -0.25) is 9.59 Å². The van der Waals surface area contributed by atoms with Gasteiger partial charge < -0.3 is 24.6 Å². The van der Waals surface area contributed by atoms with Gasteiger partial charge >= 0.3 is 11.9 Å². The molecule has 0 bridgehead atoms. The topological polar surface area (TPSA) is 169 Å². The summed E-state index contributed by atoms with van der Waals surface area (Å²) in [5.74, 6) is 1.18. The van der Waals surface area contributed by atoms with Gasteiger partial charge in [0.25, 0.3) is 0 Å². The summed E-state index contributed by atoms with van der Waals surface area (Å²) >= 11 is 0. The number of Topliss-reactive ketones (excluding diaryl/α,β-unsaturated/α-hetero) is 1. The summed E-state index contributed by atoms with van der Waals surface area (Å²) < 4.78 is 18.8. The molecule has 0 saturated carbocycles. The minimum Gasteiger partial charge on any atom is -0.481 e. The van der Waals surface area contributed by atoms with E-state index < -0.39 is 29.1 Å². The lowest BCUT2D eigenvalue weighted by atomic mass is 9.96. The van der Waals surface area contributed by atoms with Crippen LogP contribution in [-0.2, 0) is 14.6 Å². The number of carboxylic acids is 2. The van der Waals surface area contributed by atoms with E-state index in [1.165, 1.54) is 13.0 Å². The molecule has 1 unspecified atom stereocenters. The lowest BCUT2D eigenvalue weighted by Gasteiger charge is -2.12. The molecular formula is C26H51O9PS. The van der Waals surface area contributed by atoms with Gasteiger partial charge in [0.05, 0.1) is 21.3 Å². The number of hydrogen-bond acceptors (Lipinski definition) is 6. The highest BCUT2D eigenvalue weighted by Crippen LogP contribution is 2.39. The van der Waals surface area contributed by atoms with Crippen molar-refractivity contribution in [1.82, 2.24) is 0 Å². The van der Waals surface area contributed by atoms with E-state index in [1.807, 2.05) is 13.8 Å². The van der Waals surface area contributed by atoms with Crippen LogP contribution in [0.2, 0.25) is 0 Å². The van der Waals surface area contributed by atoms with Gasteiger partial charge in [-0.15, -0.1) is 0 Å². The molecule has 0 amide bonds. The van der Waals surface area contributed by atoms with Crippen LogP contribution in [0, 0.1) is 5.92 Å². The Labute approximate surface area is 224 Å². The summed E-state index contributed by atoms with van der Waals surface area (Å²) in [4.78, 5) is 49.0. The van der Waals surface area contributed by atoms with Crippen LogP contribution in [-0.4, -0.2) is 69.6 Å². The SMILES string of the molecule is C.C.C=P(O)(O)C(C)C.C=S(=O)(O)C(C)C.CC(=O)c1cc(C(=O)O)cc(C(C)C)c1.CC(C)C(=O)O. The minimum absolute atomic E-state index is 0. The van der Waals surface area contributed by atoms with Gasteiger partial charge in [-0.25, -0.2) is 9.00 Å². The van der Waals surface area contributed by atoms with Crippen molar-refractivity contribution in [2.24, 2.45) is 5.92 Å². The smallest absolute Gasteiger partial charge is 0.335 e. The quantitative estimate of drug-likeness (QED) is 0.157. The van der Waals surface area contributed by atoms with E-state index in [2.05, 4.69) is 12.2 Å². The molecule has 11 heteroatoms. The number of aromatic carboxylic acids is 1. The maximum Gasteiger partial charge on any atom is 0.335 e. The third kappa shape index (κ3) is 24.1. The first kappa shape index (κ1) is 45.0. The number of carbonyl (C=O) groups is 3. The van der Waals surface area contributed by atoms with E-state index in [0.29, 0.717) is 5.56 Å². The van der Waals surface area contributed by atoms with Crippen LogP contribution >= 0.6 is 7.34 Å². The van der Waals surface area contributed by atoms with Gasteiger partial charge in [-0.05, 0) is 56.3 Å². The standard InChI is InChI=1S/C12H14O3.C4H11O2P.C4H10O2S.C4H8O2.2CH4/c1-7(2)9-4-10(8(3)13)6-11(5-9)12(14)15;2*1-4(2)7(3,5)6;1-3(2)4(5)6;;/h4-7H,1-3H3,(H,14,15);4-6H,3H2,1-2H3;4H,3H2,1-2H3,(H,5,6);3H,1-2H3,(H,5,6);2*1H4. The molecule has 5 N–H and O–H groups in total. The molecule has 1 atom stereocenters. The molecule has 37 heavy (non-hydrogen) atoms. The molecule has 1 rings (SSSR count). The molecule has 9 nitrogen and oxygen atoms in total. The predicted molar refractivity (Wildman–Crippen MR) is 160 cm³/mol. The molecular weight excluding hydrogens is 519 g/mol. The highest BCUT2D eigenvalue weighted by Gasteiger charge is 2.11. The molecule has 0 aliphatic carbocycles. The van der Waals surface area contributed by atoms with E-state index >= 15 is 0 Å². The highest BCUT2D eigenvalue weighted by molar-refractivity contribution is 7.95. The largest absolute Gasteiger partial charge is 0.481 e. The van der Waals surface area contributed by atoms with Crippen LogP contribution < -0.4 is 0 Å². The van der Waals surface area contributed by atoms with E-state index in [4.69, 9.17) is 24.6 Å². The summed E-state index contributed by atoms with van der Waals surface area (Å²) in [6.45, 7) is 15.4. The molecule has 1 aromatic carbocycles. The number of carboxylic acid groups (broad SMARTS) is 2. The van der Waals surface area contributed by atoms with Gasteiger partial charge in [0.2, 0.25) is 0 Å². The van der Waals surface area contributed by atoms with E-state index in [1.54, 1.807) is 53.7 Å². The Morgan fingerprint density at radius 3 is 1.32 bits per heavy atom.